The van der Waals surface area contributed by atoms with E-state index < -0.39 is 4.65 Å². The predicted octanol–water partition coefficient (Wildman–Crippen LogP) is 0.757. The van der Waals surface area contributed by atoms with E-state index in [-0.39, 0.29) is 6.00 Å². The summed E-state index contributed by atoms with van der Waals surface area (Å²) in [6.07, 6.45) is 0. The van der Waals surface area contributed by atoms with Gasteiger partial charge in [-0.25, -0.2) is 0 Å². The molecule has 0 aromatic heterocycles. The van der Waals surface area contributed by atoms with Crippen LogP contribution in [0.2, 0.25) is 0 Å². The quantitative estimate of drug-likeness (QED) is 0.211. The Kier molecular flexibility index (Phi) is 1.84. The molecule has 3 heteroatoms. The highest BCUT2D eigenvalue weighted by Gasteiger charge is 1.92. The van der Waals surface area contributed by atoms with E-state index >= 15 is 0 Å². The standard InChI is InChI=1S/C3H8ClNO/c1-5(2,6)3-4/h3H2,1-2H3. The lowest BCUT2D eigenvalue weighted by molar-refractivity contribution is -0.827. The van der Waals surface area contributed by atoms with E-state index in [0.717, 1.165) is 0 Å². The lowest BCUT2D eigenvalue weighted by Gasteiger charge is -2.30. The summed E-state index contributed by atoms with van der Waals surface area (Å²) in [5.74, 6) is 0. The van der Waals surface area contributed by atoms with Gasteiger partial charge in [-0.05, 0) is 0 Å². The van der Waals surface area contributed by atoms with Gasteiger partial charge in [0.1, 0.15) is 0 Å². The molecule has 0 aliphatic rings. The van der Waals surface area contributed by atoms with Gasteiger partial charge in [0, 0.05) is 0 Å². The van der Waals surface area contributed by atoms with Crippen molar-refractivity contribution in [1.82, 2.24) is 0 Å². The zero-order valence-electron chi connectivity index (χ0n) is 3.94. The minimum atomic E-state index is -0.415. The second-order valence-corrected chi connectivity index (χ2v) is 1.93. The Morgan fingerprint density at radius 1 is 1.67 bits per heavy atom. The van der Waals surface area contributed by atoms with Crippen LogP contribution < -0.4 is 0 Å². The van der Waals surface area contributed by atoms with Crippen LogP contribution in [0.5, 0.6) is 0 Å². The molecule has 0 aliphatic carbocycles. The molecule has 38 valence electrons. The maximum absolute atomic E-state index is 10.3. The second-order valence-electron chi connectivity index (χ2n) is 1.69. The first-order valence-corrected chi connectivity index (χ1v) is 2.20. The van der Waals surface area contributed by atoms with E-state index in [1.54, 1.807) is 0 Å². The predicted molar refractivity (Wildman–Crippen MR) is 26.2 cm³/mol. The van der Waals surface area contributed by atoms with Gasteiger partial charge < -0.3 is 9.85 Å². The Bertz CT molecular complexity index is 40.5. The highest BCUT2D eigenvalue weighted by atomic mass is 35.5. The second kappa shape index (κ2) is 1.78. The first-order chi connectivity index (χ1) is 2.56. The molecule has 0 radical (unpaired) electrons. The fraction of sp³-hybridized carbons (Fsp3) is 1.00. The molecule has 0 fully saturated rings. The lowest BCUT2D eigenvalue weighted by atomic mass is 11.0. The summed E-state index contributed by atoms with van der Waals surface area (Å²) in [6, 6.07) is 0.125. The van der Waals surface area contributed by atoms with Crippen molar-refractivity contribution in [2.75, 3.05) is 20.1 Å². The van der Waals surface area contributed by atoms with Crippen LogP contribution in [0.3, 0.4) is 0 Å². The Hall–Kier alpha value is 0.210. The van der Waals surface area contributed by atoms with Gasteiger partial charge in [-0.1, -0.05) is 11.6 Å². The molecule has 0 saturated carbocycles. The van der Waals surface area contributed by atoms with Crippen molar-refractivity contribution in [3.05, 3.63) is 5.21 Å². The van der Waals surface area contributed by atoms with Crippen LogP contribution in [0.1, 0.15) is 0 Å². The summed E-state index contributed by atoms with van der Waals surface area (Å²) in [6.45, 7) is 0. The minimum Gasteiger partial charge on any atom is -0.632 e. The van der Waals surface area contributed by atoms with Crippen molar-refractivity contribution in [2.24, 2.45) is 0 Å². The third-order valence-corrected chi connectivity index (χ3v) is 0.864. The van der Waals surface area contributed by atoms with E-state index in [0.29, 0.717) is 0 Å². The van der Waals surface area contributed by atoms with Gasteiger partial charge >= 0.3 is 0 Å². The van der Waals surface area contributed by atoms with Crippen LogP contribution in [0.15, 0.2) is 0 Å². The van der Waals surface area contributed by atoms with Crippen LogP contribution in [-0.2, 0) is 0 Å². The van der Waals surface area contributed by atoms with Crippen LogP contribution in [0, 0.1) is 5.21 Å². The van der Waals surface area contributed by atoms with Crippen LogP contribution in [-0.4, -0.2) is 24.7 Å². The van der Waals surface area contributed by atoms with E-state index in [1.165, 1.54) is 14.1 Å². The molecule has 0 heterocycles. The number of hydrogen-bond acceptors (Lipinski definition) is 1. The molecule has 2 nitrogen and oxygen atoms in total. The topological polar surface area (TPSA) is 23.1 Å². The molecule has 0 aromatic carbocycles. The molecule has 0 aliphatic heterocycles. The molecule has 0 bridgehead atoms. The Balaban J connectivity index is 3.17. The maximum Gasteiger partial charge on any atom is 0.154 e. The van der Waals surface area contributed by atoms with Gasteiger partial charge in [-0.3, -0.25) is 0 Å². The molecule has 6 heavy (non-hydrogen) atoms. The first kappa shape index (κ1) is 6.21. The monoisotopic (exact) mass is 109 g/mol. The largest absolute Gasteiger partial charge is 0.632 e. The summed E-state index contributed by atoms with van der Waals surface area (Å²) in [7, 11) is 2.99. The number of rotatable bonds is 1. The van der Waals surface area contributed by atoms with Gasteiger partial charge in [-0.2, -0.15) is 0 Å². The highest BCUT2D eigenvalue weighted by Crippen LogP contribution is 1.91. The molecular formula is C3H8ClNO. The fourth-order valence-corrected chi connectivity index (χ4v) is 0. The minimum absolute atomic E-state index is 0.125. The van der Waals surface area contributed by atoms with Crippen LogP contribution in [0.4, 0.5) is 0 Å². The number of hydrogen-bond donors (Lipinski definition) is 0. The molecule has 0 spiro atoms. The highest BCUT2D eigenvalue weighted by molar-refractivity contribution is 6.16. The zero-order chi connectivity index (χ0) is 5.21. The number of nitrogens with zero attached hydrogens (tertiary/aromatic N) is 1. The fourth-order valence-electron chi connectivity index (χ4n) is 0. The van der Waals surface area contributed by atoms with Crippen molar-refractivity contribution in [2.45, 2.75) is 0 Å². The summed E-state index contributed by atoms with van der Waals surface area (Å²) in [4.78, 5) is 0. The van der Waals surface area contributed by atoms with Crippen molar-refractivity contribution in [1.29, 1.82) is 0 Å². The molecule has 0 N–H and O–H groups in total. The van der Waals surface area contributed by atoms with Gasteiger partial charge in [0.15, 0.2) is 6.00 Å². The number of halogens is 1. The van der Waals surface area contributed by atoms with Crippen molar-refractivity contribution >= 4 is 11.6 Å². The van der Waals surface area contributed by atoms with Crippen molar-refractivity contribution in [3.63, 3.8) is 0 Å². The van der Waals surface area contributed by atoms with E-state index in [9.17, 15) is 5.21 Å². The van der Waals surface area contributed by atoms with Gasteiger partial charge in [0.2, 0.25) is 0 Å². The number of quaternary nitrogens is 1. The molecule has 0 aromatic rings. The SMILES string of the molecule is C[N+](C)([O-])CCl. The van der Waals surface area contributed by atoms with E-state index in [1.807, 2.05) is 0 Å². The third kappa shape index (κ3) is 4.21. The van der Waals surface area contributed by atoms with Gasteiger partial charge in [0.05, 0.1) is 14.1 Å². The molecular weight excluding hydrogens is 101 g/mol. The summed E-state index contributed by atoms with van der Waals surface area (Å²) in [5, 5.41) is 10.3. The Labute approximate surface area is 42.5 Å². The normalized spacial score (nSPS) is 12.0. The average Bonchev–Trinajstić information content (AvgIpc) is 1.35. The van der Waals surface area contributed by atoms with Crippen LogP contribution in [0.25, 0.3) is 0 Å². The summed E-state index contributed by atoms with van der Waals surface area (Å²) < 4.78 is -0.415. The molecule has 0 atom stereocenters. The summed E-state index contributed by atoms with van der Waals surface area (Å²) in [5.41, 5.74) is 0. The van der Waals surface area contributed by atoms with E-state index in [4.69, 9.17) is 11.6 Å². The van der Waals surface area contributed by atoms with Gasteiger partial charge in [0.25, 0.3) is 0 Å². The maximum atomic E-state index is 10.3. The number of alkyl halides is 1. The Morgan fingerprint density at radius 3 is 1.83 bits per heavy atom. The molecule has 0 amide bonds. The smallest absolute Gasteiger partial charge is 0.154 e. The molecule has 0 rings (SSSR count). The lowest BCUT2D eigenvalue weighted by Crippen LogP contribution is -2.29. The third-order valence-electron chi connectivity index (χ3n) is 0.288. The van der Waals surface area contributed by atoms with Gasteiger partial charge in [-0.15, -0.1) is 0 Å². The average molecular weight is 110 g/mol. The Morgan fingerprint density at radius 2 is 1.83 bits per heavy atom. The van der Waals surface area contributed by atoms with E-state index in [2.05, 4.69) is 0 Å². The molecule has 0 saturated heterocycles. The zero-order valence-corrected chi connectivity index (χ0v) is 4.70. The number of hydroxylamine groups is 3. The van der Waals surface area contributed by atoms with Crippen LogP contribution >= 0.6 is 11.6 Å². The van der Waals surface area contributed by atoms with Crippen molar-refractivity contribution < 1.29 is 4.65 Å². The molecule has 0 unspecified atom stereocenters. The van der Waals surface area contributed by atoms with Crippen molar-refractivity contribution in [3.8, 4) is 0 Å². The first-order valence-electron chi connectivity index (χ1n) is 1.66. The summed E-state index contributed by atoms with van der Waals surface area (Å²) >= 11 is 5.14.